The molecule has 2 N–H and O–H groups in total. The van der Waals surface area contributed by atoms with Crippen LogP contribution >= 0.6 is 15.9 Å². The molecule has 1 aromatic heterocycles. The normalized spacial score (nSPS) is 20.2. The van der Waals surface area contributed by atoms with Gasteiger partial charge in [0.05, 0.1) is 13.2 Å². The largest absolute Gasteiger partial charge is 0.452 e. The van der Waals surface area contributed by atoms with E-state index in [4.69, 9.17) is 9.15 Å². The van der Waals surface area contributed by atoms with Gasteiger partial charge >= 0.3 is 0 Å². The summed E-state index contributed by atoms with van der Waals surface area (Å²) < 4.78 is 38.0. The second-order valence-electron chi connectivity index (χ2n) is 4.82. The third-order valence-electron chi connectivity index (χ3n) is 3.16. The summed E-state index contributed by atoms with van der Waals surface area (Å²) in [6, 6.07) is 1.53. The first-order valence-electron chi connectivity index (χ1n) is 6.53. The van der Waals surface area contributed by atoms with Gasteiger partial charge in [0.15, 0.2) is 4.67 Å². The molecule has 1 aromatic rings. The maximum absolute atomic E-state index is 12.3. The standard InChI is InChI=1S/C12H19BrN2O4S/c1-14-7-10-5-11(12(13)19-10)20(16,17)15-6-9-3-2-4-18-8-9/h5,9,14-15H,2-4,6-8H2,1H3. The van der Waals surface area contributed by atoms with E-state index in [-0.39, 0.29) is 15.5 Å². The average Bonchev–Trinajstić information content (AvgIpc) is 2.80. The Kier molecular flexibility index (Phi) is 5.62. The van der Waals surface area contributed by atoms with Crippen molar-refractivity contribution in [2.75, 3.05) is 26.8 Å². The van der Waals surface area contributed by atoms with Crippen molar-refractivity contribution in [1.82, 2.24) is 10.0 Å². The van der Waals surface area contributed by atoms with Crippen molar-refractivity contribution < 1.29 is 17.6 Å². The lowest BCUT2D eigenvalue weighted by molar-refractivity contribution is 0.0568. The van der Waals surface area contributed by atoms with Gasteiger partial charge < -0.3 is 14.5 Å². The second-order valence-corrected chi connectivity index (χ2v) is 7.27. The zero-order valence-electron chi connectivity index (χ0n) is 11.3. The summed E-state index contributed by atoms with van der Waals surface area (Å²) in [7, 11) is -1.79. The molecule has 1 aliphatic rings. The zero-order chi connectivity index (χ0) is 14.6. The molecular formula is C12H19BrN2O4S. The molecule has 0 bridgehead atoms. The molecule has 0 aromatic carbocycles. The van der Waals surface area contributed by atoms with E-state index in [0.717, 1.165) is 19.4 Å². The van der Waals surface area contributed by atoms with Gasteiger partial charge in [0.1, 0.15) is 10.7 Å². The highest BCUT2D eigenvalue weighted by Gasteiger charge is 2.24. The van der Waals surface area contributed by atoms with E-state index in [1.165, 1.54) is 6.07 Å². The quantitative estimate of drug-likeness (QED) is 0.796. The molecule has 114 valence electrons. The predicted molar refractivity (Wildman–Crippen MR) is 77.9 cm³/mol. The maximum atomic E-state index is 12.3. The molecule has 1 saturated heterocycles. The Morgan fingerprint density at radius 1 is 1.50 bits per heavy atom. The first-order valence-corrected chi connectivity index (χ1v) is 8.81. The molecule has 1 fully saturated rings. The Hall–Kier alpha value is -0.410. The molecule has 1 atom stereocenters. The molecule has 1 aliphatic heterocycles. The van der Waals surface area contributed by atoms with Crippen molar-refractivity contribution >= 4 is 26.0 Å². The summed E-state index contributed by atoms with van der Waals surface area (Å²) in [4.78, 5) is 0.138. The van der Waals surface area contributed by atoms with E-state index in [1.807, 2.05) is 0 Å². The lowest BCUT2D eigenvalue weighted by Crippen LogP contribution is -2.33. The molecular weight excluding hydrogens is 348 g/mol. The minimum atomic E-state index is -3.56. The third kappa shape index (κ3) is 4.05. The Balaban J connectivity index is 2.01. The number of halogens is 1. The topological polar surface area (TPSA) is 80.6 Å². The highest BCUT2D eigenvalue weighted by molar-refractivity contribution is 9.10. The summed E-state index contributed by atoms with van der Waals surface area (Å²) >= 11 is 3.15. The first kappa shape index (κ1) is 16.0. The summed E-state index contributed by atoms with van der Waals surface area (Å²) in [6.45, 7) is 2.25. The van der Waals surface area contributed by atoms with Crippen LogP contribution in [-0.4, -0.2) is 35.2 Å². The van der Waals surface area contributed by atoms with Gasteiger partial charge in [-0.05, 0) is 41.7 Å². The van der Waals surface area contributed by atoms with Gasteiger partial charge in [-0.15, -0.1) is 0 Å². The molecule has 2 rings (SSSR count). The number of sulfonamides is 1. The number of nitrogens with one attached hydrogen (secondary N) is 2. The maximum Gasteiger partial charge on any atom is 0.244 e. The molecule has 2 heterocycles. The number of rotatable bonds is 6. The fourth-order valence-electron chi connectivity index (χ4n) is 2.12. The number of hydrogen-bond donors (Lipinski definition) is 2. The van der Waals surface area contributed by atoms with Gasteiger partial charge in [-0.2, -0.15) is 0 Å². The van der Waals surface area contributed by atoms with E-state index in [1.54, 1.807) is 7.05 Å². The van der Waals surface area contributed by atoms with E-state index < -0.39 is 10.0 Å². The highest BCUT2D eigenvalue weighted by Crippen LogP contribution is 2.26. The van der Waals surface area contributed by atoms with Gasteiger partial charge in [-0.25, -0.2) is 13.1 Å². The van der Waals surface area contributed by atoms with Crippen molar-refractivity contribution in [3.8, 4) is 0 Å². The molecule has 0 amide bonds. The lowest BCUT2D eigenvalue weighted by Gasteiger charge is -2.21. The zero-order valence-corrected chi connectivity index (χ0v) is 13.7. The fourth-order valence-corrected chi connectivity index (χ4v) is 4.23. The molecule has 0 spiro atoms. The highest BCUT2D eigenvalue weighted by atomic mass is 79.9. The molecule has 8 heteroatoms. The van der Waals surface area contributed by atoms with Crippen molar-refractivity contribution in [2.45, 2.75) is 24.3 Å². The summed E-state index contributed by atoms with van der Waals surface area (Å²) in [6.07, 6.45) is 1.97. The van der Waals surface area contributed by atoms with Crippen LogP contribution < -0.4 is 10.0 Å². The van der Waals surface area contributed by atoms with Crippen LogP contribution in [-0.2, 0) is 21.3 Å². The van der Waals surface area contributed by atoms with Crippen LogP contribution in [0, 0.1) is 5.92 Å². The smallest absolute Gasteiger partial charge is 0.244 e. The SMILES string of the molecule is CNCc1cc(S(=O)(=O)NCC2CCCOC2)c(Br)o1. The van der Waals surface area contributed by atoms with E-state index in [2.05, 4.69) is 26.0 Å². The average molecular weight is 367 g/mol. The van der Waals surface area contributed by atoms with Gasteiger partial charge in [0.2, 0.25) is 10.0 Å². The van der Waals surface area contributed by atoms with Crippen LogP contribution in [0.4, 0.5) is 0 Å². The van der Waals surface area contributed by atoms with E-state index in [0.29, 0.717) is 25.5 Å². The molecule has 6 nitrogen and oxygen atoms in total. The third-order valence-corrected chi connectivity index (χ3v) is 5.44. The Morgan fingerprint density at radius 3 is 2.95 bits per heavy atom. The van der Waals surface area contributed by atoms with Crippen molar-refractivity contribution in [1.29, 1.82) is 0 Å². The van der Waals surface area contributed by atoms with Gasteiger partial charge in [-0.1, -0.05) is 0 Å². The monoisotopic (exact) mass is 366 g/mol. The summed E-state index contributed by atoms with van der Waals surface area (Å²) in [5.74, 6) is 0.807. The van der Waals surface area contributed by atoms with Crippen LogP contribution in [0.2, 0.25) is 0 Å². The minimum Gasteiger partial charge on any atom is -0.452 e. The molecule has 0 aliphatic carbocycles. The first-order chi connectivity index (χ1) is 9.53. The Morgan fingerprint density at radius 2 is 2.30 bits per heavy atom. The van der Waals surface area contributed by atoms with Crippen LogP contribution in [0.5, 0.6) is 0 Å². The number of hydrogen-bond acceptors (Lipinski definition) is 5. The van der Waals surface area contributed by atoms with Crippen LogP contribution in [0.1, 0.15) is 18.6 Å². The molecule has 0 radical (unpaired) electrons. The molecule has 1 unspecified atom stereocenters. The van der Waals surface area contributed by atoms with Crippen LogP contribution in [0.15, 0.2) is 20.0 Å². The molecule has 0 saturated carbocycles. The Bertz CT molecular complexity index is 538. The van der Waals surface area contributed by atoms with Crippen LogP contribution in [0.25, 0.3) is 0 Å². The molecule has 20 heavy (non-hydrogen) atoms. The van der Waals surface area contributed by atoms with Crippen molar-refractivity contribution in [3.63, 3.8) is 0 Å². The fraction of sp³-hybridized carbons (Fsp3) is 0.667. The second kappa shape index (κ2) is 7.04. The van der Waals surface area contributed by atoms with Crippen molar-refractivity contribution in [2.24, 2.45) is 5.92 Å². The van der Waals surface area contributed by atoms with Crippen LogP contribution in [0.3, 0.4) is 0 Å². The predicted octanol–water partition coefficient (Wildman–Crippen LogP) is 1.47. The number of ether oxygens (including phenoxy) is 1. The van der Waals surface area contributed by atoms with Gasteiger partial charge in [0.25, 0.3) is 0 Å². The van der Waals surface area contributed by atoms with Gasteiger partial charge in [0, 0.05) is 19.2 Å². The number of furan rings is 1. The summed E-state index contributed by atoms with van der Waals surface area (Å²) in [5.41, 5.74) is 0. The van der Waals surface area contributed by atoms with Crippen molar-refractivity contribution in [3.05, 3.63) is 16.5 Å². The lowest BCUT2D eigenvalue weighted by atomic mass is 10.0. The van der Waals surface area contributed by atoms with E-state index >= 15 is 0 Å². The summed E-state index contributed by atoms with van der Waals surface area (Å²) in [5, 5.41) is 2.91. The Labute approximate surface area is 127 Å². The minimum absolute atomic E-state index is 0.138. The van der Waals surface area contributed by atoms with Gasteiger partial charge in [-0.3, -0.25) is 0 Å². The van der Waals surface area contributed by atoms with E-state index in [9.17, 15) is 8.42 Å².